The van der Waals surface area contributed by atoms with Crippen LogP contribution >= 0.6 is 15.9 Å². The number of imide groups is 1. The van der Waals surface area contributed by atoms with Gasteiger partial charge in [0.05, 0.1) is 19.2 Å². The average Bonchev–Trinajstić information content (AvgIpc) is 2.57. The molecule has 2 aromatic rings. The molecule has 25 heavy (non-hydrogen) atoms. The molecule has 0 bridgehead atoms. The molecular weight excluding hydrogens is 392 g/mol. The summed E-state index contributed by atoms with van der Waals surface area (Å²) in [5.41, 5.74) is 0.943. The molecule has 0 unspecified atom stereocenters. The molecule has 7 nitrogen and oxygen atoms in total. The maximum absolute atomic E-state index is 12.1. The molecule has 0 spiro atoms. The zero-order valence-electron chi connectivity index (χ0n) is 13.1. The smallest absolute Gasteiger partial charge is 0.260 e. The number of carbonyl (C=O) groups excluding carboxylic acids is 2. The van der Waals surface area contributed by atoms with E-state index in [1.54, 1.807) is 18.2 Å². The van der Waals surface area contributed by atoms with E-state index in [0.717, 1.165) is 4.47 Å². The van der Waals surface area contributed by atoms with Gasteiger partial charge < -0.3 is 14.5 Å². The van der Waals surface area contributed by atoms with Crippen LogP contribution in [0.15, 0.2) is 50.4 Å². The van der Waals surface area contributed by atoms with Crippen LogP contribution in [0.2, 0.25) is 0 Å². The number of amides is 2. The van der Waals surface area contributed by atoms with Gasteiger partial charge in [0.2, 0.25) is 11.2 Å². The van der Waals surface area contributed by atoms with Crippen molar-refractivity contribution in [3.63, 3.8) is 0 Å². The summed E-state index contributed by atoms with van der Waals surface area (Å²) in [5.74, 6) is -0.444. The van der Waals surface area contributed by atoms with Crippen molar-refractivity contribution in [1.82, 2.24) is 10.6 Å². The van der Waals surface area contributed by atoms with E-state index in [4.69, 9.17) is 9.15 Å². The summed E-state index contributed by atoms with van der Waals surface area (Å²) in [7, 11) is 1.38. The Morgan fingerprint density at radius 3 is 2.72 bits per heavy atom. The zero-order valence-corrected chi connectivity index (χ0v) is 14.7. The second kappa shape index (κ2) is 6.94. The minimum Gasteiger partial charge on any atom is -0.490 e. The van der Waals surface area contributed by atoms with E-state index < -0.39 is 11.8 Å². The first-order valence-corrected chi connectivity index (χ1v) is 8.04. The van der Waals surface area contributed by atoms with Gasteiger partial charge in [-0.15, -0.1) is 0 Å². The lowest BCUT2D eigenvalue weighted by molar-refractivity contribution is -0.114. The standard InChI is InChI=1S/C17H13BrN2O5/c1-24-15-8-25-10(5-14(15)21)6-19-7-13-12-4-9(18)2-3-11(12)16(22)20-17(13)23/h2-5,7-8,19H,6H2,1H3,(H,20,22,23)/b13-7-. The van der Waals surface area contributed by atoms with Crippen molar-refractivity contribution in [1.29, 1.82) is 0 Å². The van der Waals surface area contributed by atoms with Crippen LogP contribution in [-0.2, 0) is 11.3 Å². The fraction of sp³-hybridized carbons (Fsp3) is 0.118. The third-order valence-corrected chi connectivity index (χ3v) is 4.08. The fourth-order valence-corrected chi connectivity index (χ4v) is 2.74. The molecule has 8 heteroatoms. The van der Waals surface area contributed by atoms with Gasteiger partial charge in [0.1, 0.15) is 12.0 Å². The highest BCUT2D eigenvalue weighted by Gasteiger charge is 2.27. The molecule has 0 aliphatic carbocycles. The van der Waals surface area contributed by atoms with Crippen molar-refractivity contribution < 1.29 is 18.7 Å². The van der Waals surface area contributed by atoms with Gasteiger partial charge in [-0.05, 0) is 18.2 Å². The molecule has 1 aliphatic heterocycles. The van der Waals surface area contributed by atoms with Gasteiger partial charge in [0.15, 0.2) is 0 Å². The Labute approximate surface area is 150 Å². The van der Waals surface area contributed by atoms with Crippen LogP contribution in [0.3, 0.4) is 0 Å². The first kappa shape index (κ1) is 17.0. The second-order valence-corrected chi connectivity index (χ2v) is 6.11. The van der Waals surface area contributed by atoms with Crippen molar-refractivity contribution in [2.45, 2.75) is 6.54 Å². The van der Waals surface area contributed by atoms with Gasteiger partial charge in [-0.25, -0.2) is 0 Å². The minimum atomic E-state index is -0.501. The van der Waals surface area contributed by atoms with Crippen molar-refractivity contribution >= 4 is 33.3 Å². The summed E-state index contributed by atoms with van der Waals surface area (Å²) >= 11 is 3.33. The quantitative estimate of drug-likeness (QED) is 0.595. The molecular formula is C17H13BrN2O5. The van der Waals surface area contributed by atoms with E-state index in [0.29, 0.717) is 22.5 Å². The third kappa shape index (κ3) is 3.48. The van der Waals surface area contributed by atoms with Crippen LogP contribution in [0.1, 0.15) is 21.7 Å². The number of hydrogen-bond acceptors (Lipinski definition) is 6. The van der Waals surface area contributed by atoms with Gasteiger partial charge in [0.25, 0.3) is 11.8 Å². The lowest BCUT2D eigenvalue weighted by Crippen LogP contribution is -2.37. The highest BCUT2D eigenvalue weighted by atomic mass is 79.9. The van der Waals surface area contributed by atoms with Crippen LogP contribution in [0, 0.1) is 0 Å². The first-order valence-electron chi connectivity index (χ1n) is 7.24. The van der Waals surface area contributed by atoms with Crippen molar-refractivity contribution in [2.75, 3.05) is 7.11 Å². The Hall–Kier alpha value is -2.87. The van der Waals surface area contributed by atoms with Gasteiger partial charge in [-0.1, -0.05) is 15.9 Å². The van der Waals surface area contributed by atoms with Crippen LogP contribution < -0.4 is 20.8 Å². The van der Waals surface area contributed by atoms with E-state index >= 15 is 0 Å². The predicted molar refractivity (Wildman–Crippen MR) is 93.0 cm³/mol. The first-order chi connectivity index (χ1) is 12.0. The Kier molecular flexibility index (Phi) is 4.71. The number of ether oxygens (including phenoxy) is 1. The van der Waals surface area contributed by atoms with Crippen LogP contribution in [0.25, 0.3) is 5.57 Å². The number of hydrogen-bond donors (Lipinski definition) is 2. The SMILES string of the molecule is COc1coc(CN/C=C2\C(=O)NC(=O)c3ccc(Br)cc32)cc1=O. The summed E-state index contributed by atoms with van der Waals surface area (Å²) in [4.78, 5) is 35.7. The second-order valence-electron chi connectivity index (χ2n) is 5.19. The molecule has 2 amide bonds. The summed E-state index contributed by atoms with van der Waals surface area (Å²) in [5, 5.41) is 5.21. The maximum atomic E-state index is 12.1. The predicted octanol–water partition coefficient (Wildman–Crippen LogP) is 1.81. The van der Waals surface area contributed by atoms with Crippen molar-refractivity contribution in [3.05, 3.63) is 68.3 Å². The Morgan fingerprint density at radius 1 is 1.20 bits per heavy atom. The average molecular weight is 405 g/mol. The molecule has 0 radical (unpaired) electrons. The van der Waals surface area contributed by atoms with Gasteiger partial charge in [0, 0.05) is 27.9 Å². The van der Waals surface area contributed by atoms with Crippen LogP contribution in [0.4, 0.5) is 0 Å². The van der Waals surface area contributed by atoms with E-state index in [2.05, 4.69) is 26.6 Å². The Balaban J connectivity index is 1.84. The molecule has 1 aromatic heterocycles. The van der Waals surface area contributed by atoms with Crippen LogP contribution in [-0.4, -0.2) is 18.9 Å². The van der Waals surface area contributed by atoms with Gasteiger partial charge in [-0.2, -0.15) is 0 Å². The molecule has 0 atom stereocenters. The van der Waals surface area contributed by atoms with E-state index in [1.165, 1.54) is 25.6 Å². The summed E-state index contributed by atoms with van der Waals surface area (Å²) in [6, 6.07) is 6.37. The third-order valence-electron chi connectivity index (χ3n) is 3.58. The summed E-state index contributed by atoms with van der Waals surface area (Å²) in [6.45, 7) is 0.188. The number of methoxy groups -OCH3 is 1. The number of benzene rings is 1. The number of fused-ring (bicyclic) bond motifs is 1. The lowest BCUT2D eigenvalue weighted by Gasteiger charge is -2.18. The molecule has 0 saturated heterocycles. The molecule has 1 aliphatic rings. The van der Waals surface area contributed by atoms with Crippen LogP contribution in [0.5, 0.6) is 5.75 Å². The number of rotatable bonds is 4. The number of halogens is 1. The monoisotopic (exact) mass is 404 g/mol. The maximum Gasteiger partial charge on any atom is 0.260 e. The molecule has 128 valence electrons. The summed E-state index contributed by atoms with van der Waals surface area (Å²) in [6.07, 6.45) is 2.71. The number of carbonyl (C=O) groups is 2. The molecule has 2 N–H and O–H groups in total. The molecule has 3 rings (SSSR count). The van der Waals surface area contributed by atoms with E-state index in [-0.39, 0.29) is 17.7 Å². The Bertz CT molecular complexity index is 948. The van der Waals surface area contributed by atoms with Crippen molar-refractivity contribution in [2.24, 2.45) is 0 Å². The highest BCUT2D eigenvalue weighted by molar-refractivity contribution is 9.10. The van der Waals surface area contributed by atoms with Crippen molar-refractivity contribution in [3.8, 4) is 5.75 Å². The van der Waals surface area contributed by atoms with Gasteiger partial charge in [-0.3, -0.25) is 19.7 Å². The van der Waals surface area contributed by atoms with Gasteiger partial charge >= 0.3 is 0 Å². The minimum absolute atomic E-state index is 0.117. The van der Waals surface area contributed by atoms with E-state index in [1.807, 2.05) is 0 Å². The molecule has 0 saturated carbocycles. The fourth-order valence-electron chi connectivity index (χ4n) is 2.37. The molecule has 0 fully saturated rings. The van der Waals surface area contributed by atoms with E-state index in [9.17, 15) is 14.4 Å². The topological polar surface area (TPSA) is 97.6 Å². The lowest BCUT2D eigenvalue weighted by atomic mass is 9.96. The molecule has 1 aromatic carbocycles. The normalized spacial score (nSPS) is 14.9. The summed E-state index contributed by atoms with van der Waals surface area (Å²) < 4.78 is 10.9. The zero-order chi connectivity index (χ0) is 18.0. The molecule has 2 heterocycles. The number of nitrogens with one attached hydrogen (secondary N) is 2. The Morgan fingerprint density at radius 2 is 2.00 bits per heavy atom. The highest BCUT2D eigenvalue weighted by Crippen LogP contribution is 2.26. The largest absolute Gasteiger partial charge is 0.490 e.